The van der Waals surface area contributed by atoms with Crippen molar-refractivity contribution in [2.45, 2.75) is 12.3 Å². The third-order valence-corrected chi connectivity index (χ3v) is 6.60. The molecule has 0 spiro atoms. The number of fused-ring (bicyclic) bond motifs is 3. The maximum atomic E-state index is 14.2. The second-order valence-electron chi connectivity index (χ2n) is 8.77. The Labute approximate surface area is 200 Å². The van der Waals surface area contributed by atoms with Crippen LogP contribution in [0, 0.1) is 17.7 Å². The van der Waals surface area contributed by atoms with Gasteiger partial charge in [0.05, 0.1) is 11.3 Å². The van der Waals surface area contributed by atoms with Crippen molar-refractivity contribution in [2.75, 3.05) is 18.5 Å². The molecule has 2 amide bonds. The van der Waals surface area contributed by atoms with E-state index in [-0.39, 0.29) is 30.7 Å². The van der Waals surface area contributed by atoms with Crippen molar-refractivity contribution in [2.24, 2.45) is 11.8 Å². The van der Waals surface area contributed by atoms with Crippen LogP contribution in [0.3, 0.4) is 0 Å². The van der Waals surface area contributed by atoms with Gasteiger partial charge in [-0.1, -0.05) is 54.6 Å². The van der Waals surface area contributed by atoms with Crippen LogP contribution in [0.1, 0.15) is 33.8 Å². The number of rotatable bonds is 7. The van der Waals surface area contributed by atoms with Crippen molar-refractivity contribution in [1.82, 2.24) is 5.32 Å². The predicted octanol–water partition coefficient (Wildman–Crippen LogP) is 4.64. The zero-order chi connectivity index (χ0) is 24.5. The van der Waals surface area contributed by atoms with Gasteiger partial charge in [0.15, 0.2) is 5.82 Å². The first-order valence-electron chi connectivity index (χ1n) is 11.4. The van der Waals surface area contributed by atoms with Gasteiger partial charge in [0.2, 0.25) is 5.91 Å². The first-order valence-corrected chi connectivity index (χ1v) is 11.4. The van der Waals surface area contributed by atoms with E-state index in [4.69, 9.17) is 9.84 Å². The molecule has 0 unspecified atom stereocenters. The van der Waals surface area contributed by atoms with E-state index < -0.39 is 35.3 Å². The van der Waals surface area contributed by atoms with Gasteiger partial charge in [-0.2, -0.15) is 0 Å². The van der Waals surface area contributed by atoms with Gasteiger partial charge in [-0.05, 0) is 46.7 Å². The zero-order valence-corrected chi connectivity index (χ0v) is 18.7. The first kappa shape index (κ1) is 22.6. The molecule has 2 aliphatic rings. The number of hydrogen-bond donors (Lipinski definition) is 3. The van der Waals surface area contributed by atoms with Crippen molar-refractivity contribution in [1.29, 1.82) is 0 Å². The third kappa shape index (κ3) is 4.47. The van der Waals surface area contributed by atoms with Crippen LogP contribution in [0.25, 0.3) is 11.1 Å². The Kier molecular flexibility index (Phi) is 5.94. The van der Waals surface area contributed by atoms with Crippen molar-refractivity contribution >= 4 is 23.7 Å². The fourth-order valence-electron chi connectivity index (χ4n) is 4.68. The van der Waals surface area contributed by atoms with Crippen LogP contribution < -0.4 is 10.6 Å². The lowest BCUT2D eigenvalue weighted by atomic mass is 9.98. The topological polar surface area (TPSA) is 105 Å². The van der Waals surface area contributed by atoms with Crippen LogP contribution >= 0.6 is 0 Å². The van der Waals surface area contributed by atoms with E-state index in [2.05, 4.69) is 22.8 Å². The molecular formula is C27H23FN2O5. The van der Waals surface area contributed by atoms with E-state index in [0.29, 0.717) is 6.42 Å². The van der Waals surface area contributed by atoms with E-state index >= 15 is 0 Å². The normalized spacial score (nSPS) is 17.7. The zero-order valence-electron chi connectivity index (χ0n) is 18.7. The van der Waals surface area contributed by atoms with Crippen LogP contribution in [-0.2, 0) is 9.53 Å². The van der Waals surface area contributed by atoms with Crippen LogP contribution in [0.2, 0.25) is 0 Å². The number of ether oxygens (including phenoxy) is 1. The summed E-state index contributed by atoms with van der Waals surface area (Å²) in [5.41, 5.74) is 3.86. The molecule has 0 saturated heterocycles. The fraction of sp³-hybridized carbons (Fsp3) is 0.222. The number of nitrogens with one attached hydrogen (secondary N) is 2. The molecule has 0 aliphatic heterocycles. The largest absolute Gasteiger partial charge is 0.478 e. The van der Waals surface area contributed by atoms with Crippen LogP contribution in [0.4, 0.5) is 14.9 Å². The number of carbonyl (C=O) groups excluding carboxylic acids is 2. The molecule has 8 heteroatoms. The van der Waals surface area contributed by atoms with Crippen molar-refractivity contribution < 1.29 is 28.6 Å². The lowest BCUT2D eigenvalue weighted by Gasteiger charge is -2.14. The molecule has 0 bridgehead atoms. The average molecular weight is 474 g/mol. The van der Waals surface area contributed by atoms with Crippen LogP contribution in [-0.4, -0.2) is 36.2 Å². The molecule has 3 aromatic carbocycles. The Balaban J connectivity index is 1.12. The van der Waals surface area contributed by atoms with E-state index in [1.165, 1.54) is 12.1 Å². The minimum atomic E-state index is -1.41. The number of halogens is 1. The Bertz CT molecular complexity index is 1280. The van der Waals surface area contributed by atoms with Crippen LogP contribution in [0.5, 0.6) is 0 Å². The summed E-state index contributed by atoms with van der Waals surface area (Å²) >= 11 is 0. The summed E-state index contributed by atoms with van der Waals surface area (Å²) in [6.07, 6.45) is -0.0199. The molecule has 178 valence electrons. The Hall–Kier alpha value is -4.20. The Morgan fingerprint density at radius 3 is 2.26 bits per heavy atom. The summed E-state index contributed by atoms with van der Waals surface area (Å²) < 4.78 is 19.8. The molecule has 35 heavy (non-hydrogen) atoms. The molecule has 0 radical (unpaired) electrons. The maximum Gasteiger partial charge on any atom is 0.407 e. The molecule has 2 atom stereocenters. The first-order chi connectivity index (χ1) is 16.9. The smallest absolute Gasteiger partial charge is 0.407 e. The molecule has 3 aromatic rings. The summed E-state index contributed by atoms with van der Waals surface area (Å²) in [6.45, 7) is 0.458. The third-order valence-electron chi connectivity index (χ3n) is 6.60. The predicted molar refractivity (Wildman–Crippen MR) is 127 cm³/mol. The van der Waals surface area contributed by atoms with Crippen molar-refractivity contribution in [3.8, 4) is 11.1 Å². The fourth-order valence-corrected chi connectivity index (χ4v) is 4.68. The lowest BCUT2D eigenvalue weighted by molar-refractivity contribution is -0.117. The number of amides is 2. The maximum absolute atomic E-state index is 14.2. The van der Waals surface area contributed by atoms with E-state index in [1.54, 1.807) is 0 Å². The summed E-state index contributed by atoms with van der Waals surface area (Å²) in [5, 5.41) is 14.2. The van der Waals surface area contributed by atoms with E-state index in [9.17, 15) is 18.8 Å². The number of alkyl carbamates (subject to hydrolysis) is 1. The second-order valence-corrected chi connectivity index (χ2v) is 8.77. The molecule has 0 heterocycles. The number of carboxylic acid groups (broad SMARTS) is 1. The standard InChI is InChI=1S/C27H23FN2O5/c28-24-20(26(32)33)10-5-11-23(24)30-25(31)21-12-15(21)13-29-27(34)35-14-22-18-8-3-1-6-16(18)17-7-2-4-9-19(17)22/h1-11,15,21-22H,12-14H2,(H,29,34)(H,30,31)(H,32,33)/t15-,21-/m1/s1. The monoisotopic (exact) mass is 474 g/mol. The number of carbonyl (C=O) groups is 3. The van der Waals surface area contributed by atoms with Crippen molar-refractivity contribution in [3.05, 3.63) is 89.2 Å². The molecule has 2 aliphatic carbocycles. The molecule has 7 nitrogen and oxygen atoms in total. The van der Waals surface area contributed by atoms with E-state index in [1.807, 2.05) is 36.4 Å². The molecular weight excluding hydrogens is 451 g/mol. The minimum Gasteiger partial charge on any atom is -0.478 e. The van der Waals surface area contributed by atoms with Gasteiger partial charge in [0.1, 0.15) is 6.61 Å². The minimum absolute atomic E-state index is 0.0379. The highest BCUT2D eigenvalue weighted by molar-refractivity contribution is 5.96. The van der Waals surface area contributed by atoms with E-state index in [0.717, 1.165) is 28.3 Å². The van der Waals surface area contributed by atoms with Crippen molar-refractivity contribution in [3.63, 3.8) is 0 Å². The van der Waals surface area contributed by atoms with Gasteiger partial charge in [-0.25, -0.2) is 14.0 Å². The van der Waals surface area contributed by atoms with Gasteiger partial charge in [0, 0.05) is 18.4 Å². The summed E-state index contributed by atoms with van der Waals surface area (Å²) in [6, 6.07) is 20.0. The lowest BCUT2D eigenvalue weighted by Crippen LogP contribution is -2.29. The Morgan fingerprint density at radius 2 is 1.60 bits per heavy atom. The summed E-state index contributed by atoms with van der Waals surface area (Å²) in [7, 11) is 0. The molecule has 0 aromatic heterocycles. The summed E-state index contributed by atoms with van der Waals surface area (Å²) in [4.78, 5) is 35.8. The van der Waals surface area contributed by atoms with Gasteiger partial charge >= 0.3 is 12.1 Å². The highest BCUT2D eigenvalue weighted by Gasteiger charge is 2.43. The number of hydrogen-bond acceptors (Lipinski definition) is 4. The molecule has 1 fully saturated rings. The Morgan fingerprint density at radius 1 is 0.943 bits per heavy atom. The number of aromatic carboxylic acids is 1. The van der Waals surface area contributed by atoms with Gasteiger partial charge in [-0.3, -0.25) is 4.79 Å². The van der Waals surface area contributed by atoms with Gasteiger partial charge in [-0.15, -0.1) is 0 Å². The molecule has 5 rings (SSSR count). The SMILES string of the molecule is O=C(NC[C@H]1C[C@H]1C(=O)Nc1cccc(C(=O)O)c1F)OCC1c2ccccc2-c2ccccc21. The highest BCUT2D eigenvalue weighted by Crippen LogP contribution is 2.44. The molecule has 1 saturated carbocycles. The number of carboxylic acids is 1. The quantitative estimate of drug-likeness (QED) is 0.463. The van der Waals surface area contributed by atoms with Gasteiger partial charge < -0.3 is 20.5 Å². The van der Waals surface area contributed by atoms with Crippen LogP contribution in [0.15, 0.2) is 66.7 Å². The number of anilines is 1. The number of benzene rings is 3. The average Bonchev–Trinajstić information content (AvgIpc) is 3.58. The second kappa shape index (κ2) is 9.21. The van der Waals surface area contributed by atoms with Gasteiger partial charge in [0.25, 0.3) is 0 Å². The summed E-state index contributed by atoms with van der Waals surface area (Å²) in [5.74, 6) is -3.33. The molecule has 3 N–H and O–H groups in total. The highest BCUT2D eigenvalue weighted by atomic mass is 19.1.